The normalized spacial score (nSPS) is 16.7. The molecule has 1 saturated heterocycles. The fourth-order valence-corrected chi connectivity index (χ4v) is 5.68. The maximum Gasteiger partial charge on any atom is 0.241 e. The van der Waals surface area contributed by atoms with Gasteiger partial charge < -0.3 is 4.90 Å². The lowest BCUT2D eigenvalue weighted by Crippen LogP contribution is -2.53. The van der Waals surface area contributed by atoms with E-state index in [0.29, 0.717) is 19.0 Å². The maximum absolute atomic E-state index is 13.3. The highest BCUT2D eigenvalue weighted by atomic mass is 32.2. The predicted octanol–water partition coefficient (Wildman–Crippen LogP) is 4.77. The second-order valence-corrected chi connectivity index (χ2v) is 12.3. The molecule has 1 unspecified atom stereocenters. The minimum absolute atomic E-state index is 0.0568. The smallest absolute Gasteiger partial charge is 0.241 e. The molecular weight excluding hydrogens is 432 g/mol. The van der Waals surface area contributed by atoms with Crippen molar-refractivity contribution in [3.05, 3.63) is 65.7 Å². The molecule has 2 aromatic rings. The number of amides is 1. The quantitative estimate of drug-likeness (QED) is 0.634. The molecule has 0 bridgehead atoms. The van der Waals surface area contributed by atoms with Crippen molar-refractivity contribution in [2.24, 2.45) is 11.8 Å². The van der Waals surface area contributed by atoms with Gasteiger partial charge in [0.2, 0.25) is 15.9 Å². The fraction of sp³-hybridized carbons (Fsp3) is 0.519. The largest absolute Gasteiger partial charge is 0.341 e. The van der Waals surface area contributed by atoms with Crippen LogP contribution in [0, 0.1) is 11.8 Å². The van der Waals surface area contributed by atoms with Crippen LogP contribution in [0.1, 0.15) is 58.6 Å². The Morgan fingerprint density at radius 2 is 1.58 bits per heavy atom. The summed E-state index contributed by atoms with van der Waals surface area (Å²) in [6.45, 7) is 11.4. The Balaban J connectivity index is 1.64. The number of nitrogens with zero attached hydrogens (tertiary/aromatic N) is 1. The summed E-state index contributed by atoms with van der Waals surface area (Å²) >= 11 is 0. The summed E-state index contributed by atoms with van der Waals surface area (Å²) in [7, 11) is -3.80. The van der Waals surface area contributed by atoms with Crippen LogP contribution in [-0.4, -0.2) is 38.4 Å². The van der Waals surface area contributed by atoms with Crippen molar-refractivity contribution in [1.29, 1.82) is 0 Å². The second-order valence-electron chi connectivity index (χ2n) is 10.6. The third-order valence-corrected chi connectivity index (χ3v) is 8.00. The number of rotatable bonds is 7. The monoisotopic (exact) mass is 470 g/mol. The topological polar surface area (TPSA) is 66.5 Å². The van der Waals surface area contributed by atoms with E-state index < -0.39 is 16.1 Å². The Labute approximate surface area is 199 Å². The molecule has 1 atom stereocenters. The van der Waals surface area contributed by atoms with Gasteiger partial charge in [0.1, 0.15) is 6.04 Å². The number of benzene rings is 2. The Kier molecular flexibility index (Phi) is 8.01. The lowest BCUT2D eigenvalue weighted by atomic mass is 9.87. The molecule has 1 N–H and O–H groups in total. The van der Waals surface area contributed by atoms with Crippen LogP contribution in [0.3, 0.4) is 0 Å². The van der Waals surface area contributed by atoms with E-state index in [1.807, 2.05) is 36.9 Å². The van der Waals surface area contributed by atoms with E-state index in [0.717, 1.165) is 24.8 Å². The number of nitrogens with one attached hydrogen (secondary N) is 1. The molecule has 1 fully saturated rings. The Morgan fingerprint density at radius 3 is 2.09 bits per heavy atom. The minimum atomic E-state index is -3.80. The molecule has 1 amide bonds. The summed E-state index contributed by atoms with van der Waals surface area (Å²) in [6.07, 6.45) is 2.90. The SMILES string of the molecule is CC(C)C(NS(=O)(=O)c1ccc(C(C)(C)C)cc1)C(=O)N1CCC(Cc2ccccc2)CC1. The van der Waals surface area contributed by atoms with Crippen molar-refractivity contribution >= 4 is 15.9 Å². The van der Waals surface area contributed by atoms with Gasteiger partial charge in [-0.1, -0.05) is 77.1 Å². The first-order valence-corrected chi connectivity index (χ1v) is 13.4. The number of carbonyl (C=O) groups is 1. The van der Waals surface area contributed by atoms with E-state index >= 15 is 0 Å². The van der Waals surface area contributed by atoms with E-state index in [-0.39, 0.29) is 22.1 Å². The van der Waals surface area contributed by atoms with Crippen LogP contribution in [0.2, 0.25) is 0 Å². The van der Waals surface area contributed by atoms with Gasteiger partial charge in [0.05, 0.1) is 4.90 Å². The number of carbonyl (C=O) groups excluding carboxylic acids is 1. The van der Waals surface area contributed by atoms with E-state index in [1.54, 1.807) is 12.1 Å². The first-order valence-electron chi connectivity index (χ1n) is 11.9. The zero-order chi connectivity index (χ0) is 24.2. The lowest BCUT2D eigenvalue weighted by Gasteiger charge is -2.35. The second kappa shape index (κ2) is 10.4. The molecule has 6 heteroatoms. The van der Waals surface area contributed by atoms with E-state index in [4.69, 9.17) is 0 Å². The molecule has 3 rings (SSSR count). The highest BCUT2D eigenvalue weighted by molar-refractivity contribution is 7.89. The molecule has 33 heavy (non-hydrogen) atoms. The Hall–Kier alpha value is -2.18. The zero-order valence-electron chi connectivity index (χ0n) is 20.5. The van der Waals surface area contributed by atoms with Gasteiger partial charge in [-0.15, -0.1) is 0 Å². The van der Waals surface area contributed by atoms with Gasteiger partial charge in [0.25, 0.3) is 0 Å². The van der Waals surface area contributed by atoms with Crippen molar-refractivity contribution in [1.82, 2.24) is 9.62 Å². The average Bonchev–Trinajstić information content (AvgIpc) is 2.77. The van der Waals surface area contributed by atoms with E-state index in [2.05, 4.69) is 49.8 Å². The molecule has 0 aromatic heterocycles. The molecule has 1 heterocycles. The first kappa shape index (κ1) is 25.4. The molecule has 5 nitrogen and oxygen atoms in total. The average molecular weight is 471 g/mol. The summed E-state index contributed by atoms with van der Waals surface area (Å²) in [5.74, 6) is 0.271. The number of likely N-dealkylation sites (tertiary alicyclic amines) is 1. The summed E-state index contributed by atoms with van der Waals surface area (Å²) in [6, 6.07) is 16.6. The van der Waals surface area contributed by atoms with Crippen molar-refractivity contribution in [3.63, 3.8) is 0 Å². The summed E-state index contributed by atoms with van der Waals surface area (Å²) in [5.41, 5.74) is 2.34. The van der Waals surface area contributed by atoms with Crippen LogP contribution >= 0.6 is 0 Å². The van der Waals surface area contributed by atoms with Gasteiger partial charge in [0.15, 0.2) is 0 Å². The Morgan fingerprint density at radius 1 is 1.00 bits per heavy atom. The van der Waals surface area contributed by atoms with Crippen molar-refractivity contribution in [2.45, 2.75) is 70.2 Å². The Bertz CT molecular complexity index is 1020. The van der Waals surface area contributed by atoms with Gasteiger partial charge in [0, 0.05) is 13.1 Å². The maximum atomic E-state index is 13.3. The molecule has 2 aromatic carbocycles. The fourth-order valence-electron chi connectivity index (χ4n) is 4.34. The summed E-state index contributed by atoms with van der Waals surface area (Å²) < 4.78 is 28.8. The minimum Gasteiger partial charge on any atom is -0.341 e. The van der Waals surface area contributed by atoms with Crippen molar-refractivity contribution < 1.29 is 13.2 Å². The predicted molar refractivity (Wildman–Crippen MR) is 134 cm³/mol. The summed E-state index contributed by atoms with van der Waals surface area (Å²) in [5, 5.41) is 0. The molecule has 0 spiro atoms. The van der Waals surface area contributed by atoms with E-state index in [1.165, 1.54) is 5.56 Å². The van der Waals surface area contributed by atoms with Crippen LogP contribution in [0.4, 0.5) is 0 Å². The van der Waals surface area contributed by atoms with Crippen molar-refractivity contribution in [2.75, 3.05) is 13.1 Å². The van der Waals surface area contributed by atoms with Gasteiger partial charge in [-0.05, 0) is 59.8 Å². The molecule has 180 valence electrons. The van der Waals surface area contributed by atoms with Gasteiger partial charge in [-0.25, -0.2) is 8.42 Å². The van der Waals surface area contributed by atoms with Crippen LogP contribution in [0.15, 0.2) is 59.5 Å². The van der Waals surface area contributed by atoms with Gasteiger partial charge >= 0.3 is 0 Å². The lowest BCUT2D eigenvalue weighted by molar-refractivity contribution is -0.135. The van der Waals surface area contributed by atoms with Crippen LogP contribution in [-0.2, 0) is 26.7 Å². The standard InChI is InChI=1S/C27H38N2O3S/c1-20(2)25(28-33(31,32)24-13-11-23(12-14-24)27(3,4)5)26(30)29-17-15-22(16-18-29)19-21-9-7-6-8-10-21/h6-14,20,22,25,28H,15-19H2,1-5H3. The van der Waals surface area contributed by atoms with Crippen LogP contribution < -0.4 is 4.72 Å². The van der Waals surface area contributed by atoms with Gasteiger partial charge in [-0.2, -0.15) is 4.72 Å². The number of hydrogen-bond donors (Lipinski definition) is 1. The summed E-state index contributed by atoms with van der Waals surface area (Å²) in [4.78, 5) is 15.3. The first-order chi connectivity index (χ1) is 15.5. The third-order valence-electron chi connectivity index (χ3n) is 6.54. The third kappa shape index (κ3) is 6.67. The van der Waals surface area contributed by atoms with Gasteiger partial charge in [-0.3, -0.25) is 4.79 Å². The number of piperidine rings is 1. The van der Waals surface area contributed by atoms with Crippen LogP contribution in [0.25, 0.3) is 0 Å². The molecule has 0 radical (unpaired) electrons. The molecule has 1 aliphatic rings. The molecule has 1 aliphatic heterocycles. The highest BCUT2D eigenvalue weighted by Gasteiger charge is 2.33. The van der Waals surface area contributed by atoms with E-state index in [9.17, 15) is 13.2 Å². The molecule has 0 aliphatic carbocycles. The highest BCUT2D eigenvalue weighted by Crippen LogP contribution is 2.25. The molecule has 0 saturated carbocycles. The number of hydrogen-bond acceptors (Lipinski definition) is 3. The molecular formula is C27H38N2O3S. The van der Waals surface area contributed by atoms with Crippen LogP contribution in [0.5, 0.6) is 0 Å². The number of sulfonamides is 1. The zero-order valence-corrected chi connectivity index (χ0v) is 21.4. The van der Waals surface area contributed by atoms with Crippen molar-refractivity contribution in [3.8, 4) is 0 Å².